The van der Waals surface area contributed by atoms with Gasteiger partial charge in [-0.25, -0.2) is 0 Å². The first-order chi connectivity index (χ1) is 13.2. The zero-order chi connectivity index (χ0) is 19.1. The topological polar surface area (TPSA) is 73.3 Å². The number of halogens is 1. The van der Waals surface area contributed by atoms with E-state index in [1.54, 1.807) is 19.2 Å². The number of nitrogens with zero attached hydrogens (tertiary/aromatic N) is 2. The van der Waals surface area contributed by atoms with Crippen molar-refractivity contribution in [1.29, 1.82) is 0 Å². The molecule has 2 aromatic carbocycles. The Kier molecular flexibility index (Phi) is 6.92. The molecule has 1 amide bonds. The number of carbonyl (C=O) groups is 1. The highest BCUT2D eigenvalue weighted by Crippen LogP contribution is 2.30. The van der Waals surface area contributed by atoms with E-state index in [0.717, 1.165) is 14.9 Å². The van der Waals surface area contributed by atoms with Crippen molar-refractivity contribution in [1.82, 2.24) is 10.2 Å². The van der Waals surface area contributed by atoms with Crippen molar-refractivity contribution in [2.75, 3.05) is 19.0 Å². The summed E-state index contributed by atoms with van der Waals surface area (Å²) in [4.78, 5) is 12.1. The van der Waals surface area contributed by atoms with Crippen LogP contribution in [-0.2, 0) is 10.5 Å². The average Bonchev–Trinajstić information content (AvgIpc) is 3.13. The molecular formula is C18H16ClN3O3S2. The van der Waals surface area contributed by atoms with Gasteiger partial charge in [-0.1, -0.05) is 65.0 Å². The van der Waals surface area contributed by atoms with Crippen LogP contribution in [-0.4, -0.2) is 29.8 Å². The largest absolute Gasteiger partial charge is 0.493 e. The van der Waals surface area contributed by atoms with Gasteiger partial charge in [0, 0.05) is 10.8 Å². The zero-order valence-electron chi connectivity index (χ0n) is 14.3. The average molecular weight is 422 g/mol. The first-order valence-corrected chi connectivity index (χ1v) is 10.1. The van der Waals surface area contributed by atoms with Gasteiger partial charge in [-0.2, -0.15) is 0 Å². The molecule has 0 aliphatic carbocycles. The Labute approximate surface area is 169 Å². The summed E-state index contributed by atoms with van der Waals surface area (Å²) >= 11 is 8.96. The Morgan fingerprint density at radius 1 is 1.15 bits per heavy atom. The smallest absolute Gasteiger partial charge is 0.264 e. The predicted molar refractivity (Wildman–Crippen MR) is 108 cm³/mol. The molecule has 0 spiro atoms. The van der Waals surface area contributed by atoms with E-state index in [0.29, 0.717) is 22.4 Å². The number of hydrogen-bond donors (Lipinski definition) is 1. The minimum Gasteiger partial charge on any atom is -0.493 e. The van der Waals surface area contributed by atoms with Gasteiger partial charge < -0.3 is 9.47 Å². The van der Waals surface area contributed by atoms with E-state index < -0.39 is 0 Å². The summed E-state index contributed by atoms with van der Waals surface area (Å²) in [5.74, 6) is 1.43. The number of benzene rings is 2. The van der Waals surface area contributed by atoms with E-state index in [2.05, 4.69) is 15.5 Å². The van der Waals surface area contributed by atoms with Crippen molar-refractivity contribution in [3.8, 4) is 11.5 Å². The molecule has 3 aromatic rings. The Morgan fingerprint density at radius 3 is 2.67 bits per heavy atom. The van der Waals surface area contributed by atoms with E-state index in [-0.39, 0.29) is 12.5 Å². The van der Waals surface area contributed by atoms with Crippen LogP contribution in [0.1, 0.15) is 5.56 Å². The molecule has 1 N–H and O–H groups in total. The summed E-state index contributed by atoms with van der Waals surface area (Å²) in [6.07, 6.45) is 0. The molecule has 9 heteroatoms. The summed E-state index contributed by atoms with van der Waals surface area (Å²) in [6.45, 7) is -0.151. The molecule has 0 saturated heterocycles. The second-order valence-corrected chi connectivity index (χ2v) is 7.85. The van der Waals surface area contributed by atoms with Gasteiger partial charge in [0.2, 0.25) is 5.13 Å². The van der Waals surface area contributed by atoms with E-state index in [1.165, 1.54) is 23.1 Å². The first-order valence-electron chi connectivity index (χ1n) is 7.91. The molecule has 0 aliphatic heterocycles. The normalized spacial score (nSPS) is 10.4. The quantitative estimate of drug-likeness (QED) is 0.426. The maximum absolute atomic E-state index is 12.1. The lowest BCUT2D eigenvalue weighted by Crippen LogP contribution is -2.20. The summed E-state index contributed by atoms with van der Waals surface area (Å²) in [6, 6.07) is 14.8. The van der Waals surface area contributed by atoms with Crippen molar-refractivity contribution in [3.05, 3.63) is 59.1 Å². The van der Waals surface area contributed by atoms with Crippen LogP contribution in [0.25, 0.3) is 0 Å². The Morgan fingerprint density at radius 2 is 1.89 bits per heavy atom. The molecule has 0 atom stereocenters. The summed E-state index contributed by atoms with van der Waals surface area (Å²) in [5.41, 5.74) is 1.02. The maximum Gasteiger partial charge on any atom is 0.264 e. The number of methoxy groups -OCH3 is 1. The minimum atomic E-state index is -0.320. The van der Waals surface area contributed by atoms with Gasteiger partial charge in [0.05, 0.1) is 7.11 Å². The van der Waals surface area contributed by atoms with Crippen molar-refractivity contribution in [2.24, 2.45) is 0 Å². The Balaban J connectivity index is 1.50. The molecule has 0 radical (unpaired) electrons. The number of hydrogen-bond acceptors (Lipinski definition) is 7. The molecule has 0 aliphatic rings. The molecule has 140 valence electrons. The lowest BCUT2D eigenvalue weighted by molar-refractivity contribution is -0.118. The van der Waals surface area contributed by atoms with Crippen LogP contribution in [0, 0.1) is 0 Å². The second kappa shape index (κ2) is 9.59. The number of aromatic nitrogens is 2. The Hall–Kier alpha value is -2.29. The van der Waals surface area contributed by atoms with Crippen molar-refractivity contribution in [3.63, 3.8) is 0 Å². The van der Waals surface area contributed by atoms with Crippen LogP contribution < -0.4 is 14.8 Å². The molecule has 0 bridgehead atoms. The van der Waals surface area contributed by atoms with E-state index >= 15 is 0 Å². The molecule has 0 fully saturated rings. The maximum atomic E-state index is 12.1. The summed E-state index contributed by atoms with van der Waals surface area (Å²) < 4.78 is 11.4. The fourth-order valence-electron chi connectivity index (χ4n) is 2.11. The highest BCUT2D eigenvalue weighted by molar-refractivity contribution is 8.00. The van der Waals surface area contributed by atoms with Gasteiger partial charge in [-0.05, 0) is 23.8 Å². The Bertz CT molecular complexity index is 920. The van der Waals surface area contributed by atoms with Crippen LogP contribution in [0.5, 0.6) is 11.5 Å². The number of rotatable bonds is 8. The number of para-hydroxylation sites is 2. The van der Waals surface area contributed by atoms with E-state index in [9.17, 15) is 4.79 Å². The lowest BCUT2D eigenvalue weighted by Gasteiger charge is -2.09. The minimum absolute atomic E-state index is 0.151. The molecule has 6 nitrogen and oxygen atoms in total. The molecule has 1 aromatic heterocycles. The van der Waals surface area contributed by atoms with Crippen LogP contribution in [0.2, 0.25) is 5.02 Å². The van der Waals surface area contributed by atoms with Gasteiger partial charge in [-0.3, -0.25) is 10.1 Å². The van der Waals surface area contributed by atoms with Crippen molar-refractivity contribution < 1.29 is 14.3 Å². The van der Waals surface area contributed by atoms with Crippen LogP contribution in [0.4, 0.5) is 5.13 Å². The van der Waals surface area contributed by atoms with Crippen molar-refractivity contribution >= 4 is 45.7 Å². The zero-order valence-corrected chi connectivity index (χ0v) is 16.7. The predicted octanol–water partition coefficient (Wildman–Crippen LogP) is 4.51. The third-order valence-electron chi connectivity index (χ3n) is 3.39. The SMILES string of the molecule is COc1ccccc1OCC(=O)Nc1nnc(SCc2ccccc2Cl)s1. The molecule has 27 heavy (non-hydrogen) atoms. The number of amides is 1. The lowest BCUT2D eigenvalue weighted by atomic mass is 10.2. The molecule has 0 unspecified atom stereocenters. The van der Waals surface area contributed by atoms with Crippen LogP contribution in [0.3, 0.4) is 0 Å². The second-order valence-electron chi connectivity index (χ2n) is 5.24. The fraction of sp³-hybridized carbons (Fsp3) is 0.167. The number of ether oxygens (including phenoxy) is 2. The summed E-state index contributed by atoms with van der Waals surface area (Å²) in [7, 11) is 1.55. The van der Waals surface area contributed by atoms with Crippen molar-refractivity contribution in [2.45, 2.75) is 10.1 Å². The highest BCUT2D eigenvalue weighted by Gasteiger charge is 2.11. The monoisotopic (exact) mass is 421 g/mol. The van der Waals surface area contributed by atoms with Gasteiger partial charge in [-0.15, -0.1) is 10.2 Å². The number of thioether (sulfide) groups is 1. The van der Waals surface area contributed by atoms with Gasteiger partial charge in [0.25, 0.3) is 5.91 Å². The van der Waals surface area contributed by atoms with Gasteiger partial charge in [0.1, 0.15) is 0 Å². The van der Waals surface area contributed by atoms with E-state index in [4.69, 9.17) is 21.1 Å². The summed E-state index contributed by atoms with van der Waals surface area (Å²) in [5, 5.41) is 11.9. The molecule has 3 rings (SSSR count). The number of carbonyl (C=O) groups excluding carboxylic acids is 1. The number of nitrogens with one attached hydrogen (secondary N) is 1. The standard InChI is InChI=1S/C18H16ClN3O3S2/c1-24-14-8-4-5-9-15(14)25-10-16(23)20-17-21-22-18(27-17)26-11-12-6-2-3-7-13(12)19/h2-9H,10-11H2,1H3,(H,20,21,23). The van der Waals surface area contributed by atoms with E-state index in [1.807, 2.05) is 36.4 Å². The third-order valence-corrected chi connectivity index (χ3v) is 5.78. The van der Waals surface area contributed by atoms with Crippen LogP contribution in [0.15, 0.2) is 52.9 Å². The fourth-order valence-corrected chi connectivity index (χ4v) is 4.16. The molecule has 1 heterocycles. The first kappa shape index (κ1) is 19.5. The third kappa shape index (κ3) is 5.59. The van der Waals surface area contributed by atoms with Gasteiger partial charge in [0.15, 0.2) is 22.4 Å². The molecular weight excluding hydrogens is 406 g/mol. The van der Waals surface area contributed by atoms with Crippen LogP contribution >= 0.6 is 34.7 Å². The highest BCUT2D eigenvalue weighted by atomic mass is 35.5. The number of anilines is 1. The molecule has 0 saturated carbocycles. The van der Waals surface area contributed by atoms with Gasteiger partial charge >= 0.3 is 0 Å².